The lowest BCUT2D eigenvalue weighted by Crippen LogP contribution is -2.23. The third kappa shape index (κ3) is 2.50. The number of aromatic amines is 1. The maximum atomic E-state index is 12.7. The number of pyridine rings is 3. The van der Waals surface area contributed by atoms with Crippen molar-refractivity contribution in [3.05, 3.63) is 57.6 Å². The first kappa shape index (κ1) is 15.2. The molecule has 4 rings (SSSR count). The minimum atomic E-state index is -0.324. The Morgan fingerprint density at radius 3 is 2.60 bits per heavy atom. The van der Waals surface area contributed by atoms with Gasteiger partial charge in [0.15, 0.2) is 0 Å². The zero-order valence-corrected chi connectivity index (χ0v) is 13.3. The number of ether oxygens (including phenoxy) is 1. The van der Waals surface area contributed by atoms with Crippen LogP contribution in [0.25, 0.3) is 27.8 Å². The molecule has 0 atom stereocenters. The molecular formula is C16H14N6O3. The van der Waals surface area contributed by atoms with E-state index in [0.29, 0.717) is 40.9 Å². The van der Waals surface area contributed by atoms with Gasteiger partial charge in [-0.15, -0.1) is 0 Å². The van der Waals surface area contributed by atoms with Gasteiger partial charge in [0, 0.05) is 26.0 Å². The normalized spacial score (nSPS) is 11.4. The fourth-order valence-electron chi connectivity index (χ4n) is 2.71. The Morgan fingerprint density at radius 2 is 1.88 bits per heavy atom. The van der Waals surface area contributed by atoms with Crippen molar-refractivity contribution in [2.45, 2.75) is 6.54 Å². The number of fused-ring (bicyclic) bond motifs is 2. The molecule has 4 aromatic rings. The lowest BCUT2D eigenvalue weighted by molar-refractivity contribution is 0.186. The molecule has 0 saturated heterocycles. The van der Waals surface area contributed by atoms with E-state index in [9.17, 15) is 9.59 Å². The van der Waals surface area contributed by atoms with Crippen molar-refractivity contribution in [2.75, 3.05) is 13.7 Å². The first-order chi connectivity index (χ1) is 12.2. The molecule has 1 N–H and O–H groups in total. The van der Waals surface area contributed by atoms with Gasteiger partial charge < -0.3 is 9.30 Å². The highest BCUT2D eigenvalue weighted by Crippen LogP contribution is 2.14. The molecule has 0 bridgehead atoms. The van der Waals surface area contributed by atoms with Crippen LogP contribution in [0.5, 0.6) is 0 Å². The van der Waals surface area contributed by atoms with E-state index in [2.05, 4.69) is 20.2 Å². The molecule has 126 valence electrons. The van der Waals surface area contributed by atoms with Crippen molar-refractivity contribution >= 4 is 21.8 Å². The summed E-state index contributed by atoms with van der Waals surface area (Å²) >= 11 is 0. The van der Waals surface area contributed by atoms with Crippen molar-refractivity contribution in [1.29, 1.82) is 0 Å². The topological polar surface area (TPSA) is 108 Å². The largest absolute Gasteiger partial charge is 0.383 e. The van der Waals surface area contributed by atoms with Crippen LogP contribution in [-0.2, 0) is 11.3 Å². The predicted molar refractivity (Wildman–Crippen MR) is 90.9 cm³/mol. The van der Waals surface area contributed by atoms with E-state index in [1.54, 1.807) is 37.7 Å². The van der Waals surface area contributed by atoms with Crippen LogP contribution < -0.4 is 11.1 Å². The Bertz CT molecular complexity index is 1180. The summed E-state index contributed by atoms with van der Waals surface area (Å²) in [6.45, 7) is 0.852. The van der Waals surface area contributed by atoms with Crippen LogP contribution in [0.15, 0.2) is 46.5 Å². The van der Waals surface area contributed by atoms with Crippen LogP contribution in [0.3, 0.4) is 0 Å². The van der Waals surface area contributed by atoms with E-state index in [4.69, 9.17) is 4.74 Å². The molecule has 0 aliphatic carbocycles. The Kier molecular flexibility index (Phi) is 3.62. The van der Waals surface area contributed by atoms with Crippen LogP contribution in [0, 0.1) is 0 Å². The average molecular weight is 338 g/mol. The monoisotopic (exact) mass is 338 g/mol. The van der Waals surface area contributed by atoms with Crippen molar-refractivity contribution < 1.29 is 4.74 Å². The maximum absolute atomic E-state index is 12.7. The quantitative estimate of drug-likeness (QED) is 0.542. The molecule has 0 aromatic carbocycles. The molecule has 0 fully saturated rings. The number of methoxy groups -OCH3 is 1. The highest BCUT2D eigenvalue weighted by atomic mass is 16.5. The molecule has 0 spiro atoms. The zero-order valence-electron chi connectivity index (χ0n) is 13.3. The lowest BCUT2D eigenvalue weighted by Gasteiger charge is -2.08. The fourth-order valence-corrected chi connectivity index (χ4v) is 2.71. The van der Waals surface area contributed by atoms with Crippen molar-refractivity contribution in [1.82, 2.24) is 29.3 Å². The molecule has 25 heavy (non-hydrogen) atoms. The smallest absolute Gasteiger partial charge is 0.266 e. The molecule has 0 aliphatic rings. The molecule has 0 aliphatic heterocycles. The number of aromatic nitrogens is 6. The summed E-state index contributed by atoms with van der Waals surface area (Å²) < 4.78 is 7.88. The number of nitrogens with one attached hydrogen (secondary N) is 1. The van der Waals surface area contributed by atoms with Gasteiger partial charge >= 0.3 is 0 Å². The van der Waals surface area contributed by atoms with E-state index in [-0.39, 0.29) is 11.1 Å². The molecule has 0 amide bonds. The molecule has 0 saturated carbocycles. The van der Waals surface area contributed by atoms with Gasteiger partial charge in [-0.25, -0.2) is 10.1 Å². The molecule has 0 radical (unpaired) electrons. The molecule has 4 heterocycles. The number of H-pyrrole nitrogens is 1. The minimum absolute atomic E-state index is 0.210. The second-order valence-electron chi connectivity index (χ2n) is 5.46. The fraction of sp³-hybridized carbons (Fsp3) is 0.188. The van der Waals surface area contributed by atoms with Gasteiger partial charge in [0.2, 0.25) is 5.95 Å². The Balaban J connectivity index is 1.97. The summed E-state index contributed by atoms with van der Waals surface area (Å²) in [5.74, 6) is 0.303. The van der Waals surface area contributed by atoms with Crippen LogP contribution >= 0.6 is 0 Å². The summed E-state index contributed by atoms with van der Waals surface area (Å²) in [5, 5.41) is 7.12. The Hall–Kier alpha value is -3.33. The lowest BCUT2D eigenvalue weighted by atomic mass is 10.2. The highest BCUT2D eigenvalue weighted by molar-refractivity contribution is 5.91. The summed E-state index contributed by atoms with van der Waals surface area (Å²) in [6, 6.07) is 5.04. The van der Waals surface area contributed by atoms with Gasteiger partial charge in [0.05, 0.1) is 28.4 Å². The number of nitrogens with zero attached hydrogens (tertiary/aromatic N) is 5. The summed E-state index contributed by atoms with van der Waals surface area (Å²) in [7, 11) is 1.58. The zero-order chi connectivity index (χ0) is 17.4. The third-order valence-corrected chi connectivity index (χ3v) is 3.98. The standard InChI is InChI=1S/C16H14N6O3/c1-25-7-6-21-4-2-12-10(14(21)23)8-11-13(19-12)3-5-22(15(11)24)16-17-9-18-20-16/h2-5,8-9H,6-7H2,1H3,(H,17,18,20). The predicted octanol–water partition coefficient (Wildman–Crippen LogP) is 0.465. The van der Waals surface area contributed by atoms with Gasteiger partial charge in [-0.05, 0) is 18.2 Å². The van der Waals surface area contributed by atoms with Crippen LogP contribution in [0.2, 0.25) is 0 Å². The molecule has 0 unspecified atom stereocenters. The number of hydrogen-bond acceptors (Lipinski definition) is 6. The highest BCUT2D eigenvalue weighted by Gasteiger charge is 2.11. The Morgan fingerprint density at radius 1 is 1.12 bits per heavy atom. The first-order valence-electron chi connectivity index (χ1n) is 7.59. The van der Waals surface area contributed by atoms with Gasteiger partial charge in [0.1, 0.15) is 6.33 Å². The third-order valence-electron chi connectivity index (χ3n) is 3.98. The van der Waals surface area contributed by atoms with Gasteiger partial charge in [-0.1, -0.05) is 0 Å². The van der Waals surface area contributed by atoms with E-state index in [1.165, 1.54) is 15.5 Å². The van der Waals surface area contributed by atoms with E-state index >= 15 is 0 Å². The van der Waals surface area contributed by atoms with Crippen molar-refractivity contribution in [2.24, 2.45) is 0 Å². The average Bonchev–Trinajstić information content (AvgIpc) is 3.15. The van der Waals surface area contributed by atoms with Gasteiger partial charge in [-0.2, -0.15) is 10.1 Å². The van der Waals surface area contributed by atoms with Crippen LogP contribution in [0.1, 0.15) is 0 Å². The van der Waals surface area contributed by atoms with E-state index < -0.39 is 0 Å². The van der Waals surface area contributed by atoms with Gasteiger partial charge in [0.25, 0.3) is 11.1 Å². The van der Waals surface area contributed by atoms with Gasteiger partial charge in [-0.3, -0.25) is 14.2 Å². The molecule has 4 aromatic heterocycles. The van der Waals surface area contributed by atoms with E-state index in [1.807, 2.05) is 0 Å². The summed E-state index contributed by atoms with van der Waals surface area (Å²) in [4.78, 5) is 33.8. The molecule has 9 heteroatoms. The number of rotatable bonds is 4. The summed E-state index contributed by atoms with van der Waals surface area (Å²) in [5.41, 5.74) is 0.527. The second kappa shape index (κ2) is 5.95. The van der Waals surface area contributed by atoms with Crippen molar-refractivity contribution in [3.8, 4) is 5.95 Å². The maximum Gasteiger partial charge on any atom is 0.266 e. The molecular weight excluding hydrogens is 324 g/mol. The first-order valence-corrected chi connectivity index (χ1v) is 7.59. The van der Waals surface area contributed by atoms with Crippen LogP contribution in [-0.4, -0.2) is 43.0 Å². The SMILES string of the molecule is COCCn1ccc2nc3ccn(-c4ncn[nH]4)c(=O)c3cc2c1=O. The summed E-state index contributed by atoms with van der Waals surface area (Å²) in [6.07, 6.45) is 4.57. The number of hydrogen-bond donors (Lipinski definition) is 1. The Labute approximate surface area is 140 Å². The minimum Gasteiger partial charge on any atom is -0.383 e. The molecule has 9 nitrogen and oxygen atoms in total. The second-order valence-corrected chi connectivity index (χ2v) is 5.46. The van der Waals surface area contributed by atoms with E-state index in [0.717, 1.165) is 0 Å². The van der Waals surface area contributed by atoms with Crippen molar-refractivity contribution in [3.63, 3.8) is 0 Å². The van der Waals surface area contributed by atoms with Crippen LogP contribution in [0.4, 0.5) is 0 Å².